The van der Waals surface area contributed by atoms with Gasteiger partial charge in [-0.3, -0.25) is 0 Å². The van der Waals surface area contributed by atoms with Crippen molar-refractivity contribution in [2.75, 3.05) is 0 Å². The van der Waals surface area contributed by atoms with E-state index in [1.54, 1.807) is 0 Å². The van der Waals surface area contributed by atoms with E-state index in [1.807, 2.05) is 0 Å². The van der Waals surface area contributed by atoms with Crippen LogP contribution in [0.15, 0.2) is 29.2 Å². The SMILES string of the molecule is O=S(=O)(Oc1ccc(F)cc1Cl)c1cc(Cl)sc1Cl. The fourth-order valence-corrected chi connectivity index (χ4v) is 4.51. The van der Waals surface area contributed by atoms with Gasteiger partial charge < -0.3 is 4.18 Å². The minimum Gasteiger partial charge on any atom is -0.377 e. The van der Waals surface area contributed by atoms with Crippen LogP contribution in [0.5, 0.6) is 5.75 Å². The van der Waals surface area contributed by atoms with Crippen molar-refractivity contribution in [3.8, 4) is 5.75 Å². The summed E-state index contributed by atoms with van der Waals surface area (Å²) in [5, 5.41) is -0.166. The Hall–Kier alpha value is -0.530. The Balaban J connectivity index is 2.39. The molecule has 0 fully saturated rings. The van der Waals surface area contributed by atoms with Crippen LogP contribution in [0.3, 0.4) is 0 Å². The molecule has 1 aromatic carbocycles. The Kier molecular flexibility index (Phi) is 4.27. The van der Waals surface area contributed by atoms with Crippen LogP contribution in [0.1, 0.15) is 0 Å². The van der Waals surface area contributed by atoms with E-state index in [0.717, 1.165) is 29.5 Å². The molecule has 1 heterocycles. The highest BCUT2D eigenvalue weighted by molar-refractivity contribution is 7.87. The van der Waals surface area contributed by atoms with Gasteiger partial charge in [0, 0.05) is 0 Å². The van der Waals surface area contributed by atoms with Gasteiger partial charge in [-0.1, -0.05) is 34.8 Å². The number of benzene rings is 1. The fraction of sp³-hybridized carbons (Fsp3) is 0. The van der Waals surface area contributed by atoms with Crippen LogP contribution in [-0.4, -0.2) is 8.42 Å². The number of rotatable bonds is 3. The molecule has 9 heteroatoms. The summed E-state index contributed by atoms with van der Waals surface area (Å²) in [7, 11) is -4.17. The first kappa shape index (κ1) is 14.9. The zero-order valence-electron chi connectivity index (χ0n) is 8.86. The van der Waals surface area contributed by atoms with Crippen LogP contribution in [0.25, 0.3) is 0 Å². The maximum atomic E-state index is 12.8. The molecule has 0 unspecified atom stereocenters. The molecular weight excluding hydrogens is 358 g/mol. The molecule has 0 aliphatic rings. The summed E-state index contributed by atoms with van der Waals surface area (Å²) in [6, 6.07) is 4.24. The van der Waals surface area contributed by atoms with Gasteiger partial charge in [-0.2, -0.15) is 8.42 Å². The Bertz CT molecular complexity index is 728. The molecule has 0 saturated heterocycles. The van der Waals surface area contributed by atoms with Crippen molar-refractivity contribution in [3.05, 3.63) is 43.8 Å². The summed E-state index contributed by atoms with van der Waals surface area (Å²) in [6.07, 6.45) is 0. The van der Waals surface area contributed by atoms with E-state index >= 15 is 0 Å². The van der Waals surface area contributed by atoms with E-state index in [4.69, 9.17) is 39.0 Å². The predicted molar refractivity (Wildman–Crippen MR) is 73.6 cm³/mol. The van der Waals surface area contributed by atoms with E-state index < -0.39 is 15.9 Å². The van der Waals surface area contributed by atoms with Gasteiger partial charge >= 0.3 is 10.1 Å². The van der Waals surface area contributed by atoms with E-state index in [2.05, 4.69) is 0 Å². The molecule has 0 atom stereocenters. The summed E-state index contributed by atoms with van der Waals surface area (Å²) >= 11 is 18.0. The van der Waals surface area contributed by atoms with Gasteiger partial charge in [0.05, 0.1) is 9.36 Å². The highest BCUT2D eigenvalue weighted by atomic mass is 35.5. The molecule has 3 nitrogen and oxygen atoms in total. The first-order valence-corrected chi connectivity index (χ1v) is 8.00. The van der Waals surface area contributed by atoms with Crippen molar-refractivity contribution in [1.82, 2.24) is 0 Å². The zero-order chi connectivity index (χ0) is 14.2. The van der Waals surface area contributed by atoms with Gasteiger partial charge in [-0.15, -0.1) is 11.3 Å². The van der Waals surface area contributed by atoms with Crippen LogP contribution in [-0.2, 0) is 10.1 Å². The van der Waals surface area contributed by atoms with Gasteiger partial charge in [0.1, 0.15) is 15.0 Å². The predicted octanol–water partition coefficient (Wildman–Crippen LogP) is 4.62. The maximum Gasteiger partial charge on any atom is 0.341 e. The third-order valence-electron chi connectivity index (χ3n) is 1.99. The second kappa shape index (κ2) is 5.46. The number of hydrogen-bond acceptors (Lipinski definition) is 4. The van der Waals surface area contributed by atoms with Gasteiger partial charge in [-0.25, -0.2) is 4.39 Å². The molecule has 102 valence electrons. The molecule has 0 bridgehead atoms. The summed E-state index contributed by atoms with van der Waals surface area (Å²) in [5.74, 6) is -0.798. The van der Waals surface area contributed by atoms with Crippen molar-refractivity contribution in [3.63, 3.8) is 0 Å². The summed E-state index contributed by atoms with van der Waals surface area (Å²) in [4.78, 5) is -0.260. The van der Waals surface area contributed by atoms with Crippen molar-refractivity contribution in [2.24, 2.45) is 0 Å². The van der Waals surface area contributed by atoms with Crippen LogP contribution >= 0.6 is 46.1 Å². The molecule has 2 rings (SSSR count). The van der Waals surface area contributed by atoms with Gasteiger partial charge in [0.15, 0.2) is 5.75 Å². The molecule has 0 spiro atoms. The van der Waals surface area contributed by atoms with Gasteiger partial charge in [-0.05, 0) is 24.3 Å². The van der Waals surface area contributed by atoms with Crippen molar-refractivity contribution < 1.29 is 17.0 Å². The first-order chi connectivity index (χ1) is 8.79. The van der Waals surface area contributed by atoms with Crippen molar-refractivity contribution in [2.45, 2.75) is 4.90 Å². The molecule has 19 heavy (non-hydrogen) atoms. The summed E-state index contributed by atoms with van der Waals surface area (Å²) in [6.45, 7) is 0. The van der Waals surface area contributed by atoms with Crippen molar-refractivity contribution >= 4 is 56.3 Å². The minimum atomic E-state index is -4.17. The molecule has 0 aliphatic carbocycles. The molecular formula is C10H4Cl3FO3S2. The number of thiophene rings is 1. The molecule has 2 aromatic rings. The average Bonchev–Trinajstić information content (AvgIpc) is 2.63. The number of hydrogen-bond donors (Lipinski definition) is 0. The molecule has 0 amide bonds. The second-order valence-electron chi connectivity index (χ2n) is 3.30. The lowest BCUT2D eigenvalue weighted by Crippen LogP contribution is -2.09. The average molecular weight is 362 g/mol. The fourth-order valence-electron chi connectivity index (χ4n) is 1.20. The van der Waals surface area contributed by atoms with E-state index in [0.29, 0.717) is 0 Å². The molecule has 0 N–H and O–H groups in total. The van der Waals surface area contributed by atoms with E-state index in [9.17, 15) is 12.8 Å². The largest absolute Gasteiger partial charge is 0.377 e. The minimum absolute atomic E-state index is 0.0248. The Morgan fingerprint density at radius 3 is 2.37 bits per heavy atom. The second-order valence-corrected chi connectivity index (χ2v) is 7.51. The topological polar surface area (TPSA) is 43.4 Å². The van der Waals surface area contributed by atoms with Gasteiger partial charge in [0.25, 0.3) is 0 Å². The Labute approximate surface area is 127 Å². The van der Waals surface area contributed by atoms with Gasteiger partial charge in [0.2, 0.25) is 0 Å². The lowest BCUT2D eigenvalue weighted by molar-refractivity contribution is 0.485. The smallest absolute Gasteiger partial charge is 0.341 e. The number of halogens is 4. The zero-order valence-corrected chi connectivity index (χ0v) is 12.8. The highest BCUT2D eigenvalue weighted by Crippen LogP contribution is 2.36. The van der Waals surface area contributed by atoms with Crippen molar-refractivity contribution in [1.29, 1.82) is 0 Å². The molecule has 1 aromatic heterocycles. The Morgan fingerprint density at radius 2 is 1.84 bits per heavy atom. The third-order valence-corrected chi connectivity index (χ3v) is 5.27. The lowest BCUT2D eigenvalue weighted by Gasteiger charge is -2.07. The molecule has 0 saturated carbocycles. The molecule has 0 aliphatic heterocycles. The van der Waals surface area contributed by atoms with Crippen LogP contribution in [0.2, 0.25) is 13.7 Å². The standard InChI is InChI=1S/C10H4Cl3FO3S2/c11-6-3-5(14)1-2-7(6)17-19(15,16)8-4-9(12)18-10(8)13/h1-4H. The van der Waals surface area contributed by atoms with E-state index in [1.165, 1.54) is 6.07 Å². The van der Waals surface area contributed by atoms with E-state index in [-0.39, 0.29) is 24.3 Å². The highest BCUT2D eigenvalue weighted by Gasteiger charge is 2.24. The molecule has 0 radical (unpaired) electrons. The van der Waals surface area contributed by atoms with Crippen LogP contribution in [0, 0.1) is 5.82 Å². The van der Waals surface area contributed by atoms with Crippen LogP contribution < -0.4 is 4.18 Å². The quantitative estimate of drug-likeness (QED) is 0.750. The monoisotopic (exact) mass is 360 g/mol. The van der Waals surface area contributed by atoms with Crippen LogP contribution in [0.4, 0.5) is 4.39 Å². The summed E-state index contributed by atoms with van der Waals surface area (Å²) < 4.78 is 41.8. The third kappa shape index (κ3) is 3.32. The maximum absolute atomic E-state index is 12.8. The normalized spacial score (nSPS) is 11.6. The summed E-state index contributed by atoms with van der Waals surface area (Å²) in [5.41, 5.74) is 0. The lowest BCUT2D eigenvalue weighted by atomic mass is 10.3. The first-order valence-electron chi connectivity index (χ1n) is 4.64. The Morgan fingerprint density at radius 1 is 1.16 bits per heavy atom.